The summed E-state index contributed by atoms with van der Waals surface area (Å²) in [6.07, 6.45) is 3.01. The van der Waals surface area contributed by atoms with E-state index < -0.39 is 0 Å². The number of guanidine groups is 1. The number of hydrogen-bond donors (Lipinski definition) is 1. The molecule has 1 aliphatic rings. The van der Waals surface area contributed by atoms with Crippen molar-refractivity contribution in [2.24, 2.45) is 10.9 Å². The van der Waals surface area contributed by atoms with Crippen molar-refractivity contribution in [2.45, 2.75) is 33.7 Å². The van der Waals surface area contributed by atoms with Crippen molar-refractivity contribution in [1.82, 2.24) is 25.0 Å². The molecule has 2 aromatic heterocycles. The summed E-state index contributed by atoms with van der Waals surface area (Å²) in [5, 5.41) is 7.86. The highest BCUT2D eigenvalue weighted by atomic mass is 16.5. The first kappa shape index (κ1) is 19.4. The van der Waals surface area contributed by atoms with Gasteiger partial charge in [0.05, 0.1) is 18.8 Å². The molecule has 1 unspecified atom stereocenters. The fourth-order valence-electron chi connectivity index (χ4n) is 3.33. The number of aromatic nitrogens is 3. The second-order valence-electron chi connectivity index (χ2n) is 7.14. The summed E-state index contributed by atoms with van der Waals surface area (Å²) in [4.78, 5) is 11.5. The van der Waals surface area contributed by atoms with Crippen molar-refractivity contribution >= 4 is 5.96 Å². The van der Waals surface area contributed by atoms with Crippen molar-refractivity contribution in [2.75, 3.05) is 33.4 Å². The van der Waals surface area contributed by atoms with E-state index >= 15 is 0 Å². The van der Waals surface area contributed by atoms with Crippen LogP contribution in [0, 0.1) is 19.8 Å². The fraction of sp³-hybridized carbons (Fsp3) is 0.550. The fourth-order valence-corrected chi connectivity index (χ4v) is 3.33. The molecule has 7 heteroatoms. The Morgan fingerprint density at radius 2 is 2.26 bits per heavy atom. The Bertz CT molecular complexity index is 761. The van der Waals surface area contributed by atoms with Gasteiger partial charge in [-0.1, -0.05) is 6.07 Å². The first-order valence-corrected chi connectivity index (χ1v) is 9.62. The predicted molar refractivity (Wildman–Crippen MR) is 107 cm³/mol. The smallest absolute Gasteiger partial charge is 0.193 e. The molecule has 3 heterocycles. The van der Waals surface area contributed by atoms with Crippen molar-refractivity contribution in [3.05, 3.63) is 41.3 Å². The minimum Gasteiger partial charge on any atom is -0.381 e. The molecule has 1 fully saturated rings. The maximum atomic E-state index is 5.48. The lowest BCUT2D eigenvalue weighted by Crippen LogP contribution is -2.41. The van der Waals surface area contributed by atoms with E-state index in [9.17, 15) is 0 Å². The van der Waals surface area contributed by atoms with Crippen LogP contribution in [0.25, 0.3) is 5.82 Å². The number of aliphatic imine (C=N–C) groups is 1. The molecule has 0 aromatic carbocycles. The number of aryl methyl sites for hydroxylation is 2. The molecule has 7 nitrogen and oxygen atoms in total. The maximum Gasteiger partial charge on any atom is 0.193 e. The van der Waals surface area contributed by atoms with Gasteiger partial charge < -0.3 is 15.0 Å². The lowest BCUT2D eigenvalue weighted by Gasteiger charge is -2.24. The summed E-state index contributed by atoms with van der Waals surface area (Å²) in [6, 6.07) is 6.11. The van der Waals surface area contributed by atoms with E-state index in [1.165, 1.54) is 0 Å². The van der Waals surface area contributed by atoms with Gasteiger partial charge in [0.15, 0.2) is 11.8 Å². The molecule has 1 atom stereocenters. The zero-order valence-electron chi connectivity index (χ0n) is 16.8. The average molecular weight is 371 g/mol. The Labute approximate surface area is 161 Å². The van der Waals surface area contributed by atoms with Gasteiger partial charge in [0.2, 0.25) is 0 Å². The number of hydrogen-bond acceptors (Lipinski definition) is 4. The van der Waals surface area contributed by atoms with Gasteiger partial charge in [-0.25, -0.2) is 14.7 Å². The molecule has 0 aliphatic carbocycles. The summed E-state index contributed by atoms with van der Waals surface area (Å²) < 4.78 is 7.35. The van der Waals surface area contributed by atoms with Crippen molar-refractivity contribution in [3.8, 4) is 5.82 Å². The molecule has 0 radical (unpaired) electrons. The Kier molecular flexibility index (Phi) is 6.45. The standard InChI is InChI=1S/C20H30N6O/c1-5-21-20(25(4)13-18-8-9-27-14-18)23-12-17-6-7-19(22-11-17)26-16(3)10-15(2)24-26/h6-7,10-11,18H,5,8-9,12-14H2,1-4H3,(H,21,23). The third-order valence-electron chi connectivity index (χ3n) is 4.70. The van der Waals surface area contributed by atoms with E-state index in [2.05, 4.69) is 40.3 Å². The highest BCUT2D eigenvalue weighted by Crippen LogP contribution is 2.14. The SMILES string of the molecule is CCNC(=NCc1ccc(-n2nc(C)cc2C)nc1)N(C)CC1CCOC1. The molecule has 146 valence electrons. The van der Waals surface area contributed by atoms with Gasteiger partial charge in [-0.15, -0.1) is 0 Å². The van der Waals surface area contributed by atoms with Crippen LogP contribution in [0.1, 0.15) is 30.3 Å². The van der Waals surface area contributed by atoms with Gasteiger partial charge in [0.1, 0.15) is 0 Å². The summed E-state index contributed by atoms with van der Waals surface area (Å²) in [5.41, 5.74) is 3.15. The van der Waals surface area contributed by atoms with Gasteiger partial charge in [-0.05, 0) is 44.9 Å². The van der Waals surface area contributed by atoms with E-state index in [1.54, 1.807) is 0 Å². The first-order valence-electron chi connectivity index (χ1n) is 9.62. The van der Waals surface area contributed by atoms with E-state index in [1.807, 2.05) is 36.9 Å². The van der Waals surface area contributed by atoms with Crippen molar-refractivity contribution < 1.29 is 4.74 Å². The number of pyridine rings is 1. The van der Waals surface area contributed by atoms with Gasteiger partial charge in [0, 0.05) is 44.6 Å². The molecular formula is C20H30N6O. The lowest BCUT2D eigenvalue weighted by atomic mass is 10.1. The molecule has 27 heavy (non-hydrogen) atoms. The largest absolute Gasteiger partial charge is 0.381 e. The van der Waals surface area contributed by atoms with Crippen LogP contribution in [0.2, 0.25) is 0 Å². The normalized spacial score (nSPS) is 17.3. The molecular weight excluding hydrogens is 340 g/mol. The third-order valence-corrected chi connectivity index (χ3v) is 4.70. The molecule has 0 amide bonds. The molecule has 2 aromatic rings. The van der Waals surface area contributed by atoms with Crippen LogP contribution in [0.5, 0.6) is 0 Å². The molecule has 3 rings (SSSR count). The monoisotopic (exact) mass is 370 g/mol. The van der Waals surface area contributed by atoms with Crippen LogP contribution in [0.15, 0.2) is 29.4 Å². The second kappa shape index (κ2) is 8.99. The number of nitrogens with zero attached hydrogens (tertiary/aromatic N) is 5. The van der Waals surface area contributed by atoms with Gasteiger partial charge in [0.25, 0.3) is 0 Å². The summed E-state index contributed by atoms with van der Waals surface area (Å²) in [6.45, 7) is 10.2. The van der Waals surface area contributed by atoms with Crippen molar-refractivity contribution in [1.29, 1.82) is 0 Å². The van der Waals surface area contributed by atoms with E-state index in [0.29, 0.717) is 12.5 Å². The van der Waals surface area contributed by atoms with E-state index in [4.69, 9.17) is 9.73 Å². The summed E-state index contributed by atoms with van der Waals surface area (Å²) >= 11 is 0. The molecule has 1 aliphatic heterocycles. The number of nitrogens with one attached hydrogen (secondary N) is 1. The Balaban J connectivity index is 1.65. The van der Waals surface area contributed by atoms with Crippen LogP contribution in [0.4, 0.5) is 0 Å². The van der Waals surface area contributed by atoms with E-state index in [-0.39, 0.29) is 0 Å². The zero-order valence-corrected chi connectivity index (χ0v) is 16.8. The van der Waals surface area contributed by atoms with Crippen LogP contribution >= 0.6 is 0 Å². The summed E-state index contributed by atoms with van der Waals surface area (Å²) in [7, 11) is 2.09. The zero-order chi connectivity index (χ0) is 19.2. The molecule has 0 spiro atoms. The summed E-state index contributed by atoms with van der Waals surface area (Å²) in [5.74, 6) is 2.34. The molecule has 0 bridgehead atoms. The molecule has 1 N–H and O–H groups in total. The lowest BCUT2D eigenvalue weighted by molar-refractivity contribution is 0.181. The van der Waals surface area contributed by atoms with Gasteiger partial charge in [-0.3, -0.25) is 0 Å². The average Bonchev–Trinajstić information content (AvgIpc) is 3.28. The highest BCUT2D eigenvalue weighted by Gasteiger charge is 2.19. The topological polar surface area (TPSA) is 67.6 Å². The van der Waals surface area contributed by atoms with Crippen LogP contribution < -0.4 is 5.32 Å². The Morgan fingerprint density at radius 3 is 2.85 bits per heavy atom. The predicted octanol–water partition coefficient (Wildman–Crippen LogP) is 2.32. The molecule has 1 saturated heterocycles. The van der Waals surface area contributed by atoms with Gasteiger partial charge in [-0.2, -0.15) is 5.10 Å². The Morgan fingerprint density at radius 1 is 1.41 bits per heavy atom. The van der Waals surface area contributed by atoms with Crippen LogP contribution in [0.3, 0.4) is 0 Å². The quantitative estimate of drug-likeness (QED) is 0.624. The van der Waals surface area contributed by atoms with Crippen molar-refractivity contribution in [3.63, 3.8) is 0 Å². The minimum atomic E-state index is 0.584. The first-order chi connectivity index (χ1) is 13.1. The maximum absolute atomic E-state index is 5.48. The molecule has 0 saturated carbocycles. The minimum absolute atomic E-state index is 0.584. The number of rotatable bonds is 6. The highest BCUT2D eigenvalue weighted by molar-refractivity contribution is 5.79. The van der Waals surface area contributed by atoms with Gasteiger partial charge >= 0.3 is 0 Å². The van der Waals surface area contributed by atoms with E-state index in [0.717, 1.165) is 61.5 Å². The van der Waals surface area contributed by atoms with Crippen LogP contribution in [-0.4, -0.2) is 59.0 Å². The third kappa shape index (κ3) is 5.07. The Hall–Kier alpha value is -2.41. The van der Waals surface area contributed by atoms with Crippen LogP contribution in [-0.2, 0) is 11.3 Å². The second-order valence-corrected chi connectivity index (χ2v) is 7.14. The number of ether oxygens (including phenoxy) is 1.